The van der Waals surface area contributed by atoms with Crippen molar-refractivity contribution in [1.82, 2.24) is 4.90 Å². The number of hydrogen-bond acceptors (Lipinski definition) is 2. The van der Waals surface area contributed by atoms with Gasteiger partial charge in [-0.15, -0.1) is 0 Å². The second-order valence-corrected chi connectivity index (χ2v) is 6.08. The molecule has 0 heterocycles. The Kier molecular flexibility index (Phi) is 3.24. The molecular weight excluding hydrogens is 281 g/mol. The summed E-state index contributed by atoms with van der Waals surface area (Å²) in [5, 5.41) is 0. The summed E-state index contributed by atoms with van der Waals surface area (Å²) in [7, 11) is 0. The van der Waals surface area contributed by atoms with Crippen LogP contribution in [0.25, 0.3) is 0 Å². The van der Waals surface area contributed by atoms with E-state index in [0.29, 0.717) is 11.5 Å². The van der Waals surface area contributed by atoms with Gasteiger partial charge in [0.25, 0.3) is 0 Å². The number of amides is 1. The minimum atomic E-state index is -4.37. The zero-order chi connectivity index (χ0) is 15.3. The molecule has 0 atom stereocenters. The van der Waals surface area contributed by atoms with E-state index in [4.69, 9.17) is 5.73 Å². The van der Waals surface area contributed by atoms with E-state index in [0.717, 1.165) is 31.4 Å². The van der Waals surface area contributed by atoms with Crippen LogP contribution in [-0.2, 0) is 17.5 Å². The smallest absolute Gasteiger partial charge is 0.332 e. The van der Waals surface area contributed by atoms with E-state index in [-0.39, 0.29) is 24.5 Å². The summed E-state index contributed by atoms with van der Waals surface area (Å²) in [6.07, 6.45) is -1.50. The molecule has 21 heavy (non-hydrogen) atoms. The van der Waals surface area contributed by atoms with Crippen LogP contribution in [0, 0.1) is 5.92 Å². The van der Waals surface area contributed by atoms with E-state index >= 15 is 0 Å². The Labute approximate surface area is 120 Å². The van der Waals surface area contributed by atoms with Crippen LogP contribution in [-0.4, -0.2) is 22.9 Å². The molecule has 1 aromatic rings. The van der Waals surface area contributed by atoms with Crippen LogP contribution in [0.5, 0.6) is 0 Å². The minimum absolute atomic E-state index is 0.106. The molecule has 3 nitrogen and oxygen atoms in total. The summed E-state index contributed by atoms with van der Waals surface area (Å²) in [5.74, 6) is 0.491. The summed E-state index contributed by atoms with van der Waals surface area (Å²) in [6.45, 7) is 0.0953. The Morgan fingerprint density at radius 2 is 2.00 bits per heavy atom. The number of nitrogens with zero attached hydrogens (tertiary/aromatic N) is 1. The summed E-state index contributed by atoms with van der Waals surface area (Å²) in [4.78, 5) is 13.7. The molecule has 0 saturated heterocycles. The molecule has 0 aliphatic heterocycles. The van der Waals surface area contributed by atoms with Crippen LogP contribution in [0.4, 0.5) is 13.2 Å². The van der Waals surface area contributed by atoms with Crippen molar-refractivity contribution >= 4 is 5.91 Å². The molecule has 114 valence electrons. The summed E-state index contributed by atoms with van der Waals surface area (Å²) in [5.41, 5.74) is 5.12. The number of carbonyl (C=O) groups is 1. The maximum Gasteiger partial charge on any atom is 0.416 e. The average Bonchev–Trinajstić information content (AvgIpc) is 2.32. The molecule has 3 fully saturated rings. The summed E-state index contributed by atoms with van der Waals surface area (Å²) >= 11 is 0. The van der Waals surface area contributed by atoms with Crippen LogP contribution in [0.3, 0.4) is 0 Å². The lowest BCUT2D eigenvalue weighted by Crippen LogP contribution is -2.69. The van der Waals surface area contributed by atoms with Gasteiger partial charge in [-0.25, -0.2) is 0 Å². The summed E-state index contributed by atoms with van der Waals surface area (Å²) in [6, 6.07) is 5.16. The highest BCUT2D eigenvalue weighted by molar-refractivity contribution is 5.79. The van der Waals surface area contributed by atoms with E-state index in [2.05, 4.69) is 0 Å². The van der Waals surface area contributed by atoms with Gasteiger partial charge in [0, 0.05) is 12.1 Å². The molecule has 2 bridgehead atoms. The second kappa shape index (κ2) is 4.73. The Bertz CT molecular complexity index is 553. The molecule has 1 aromatic carbocycles. The molecule has 3 aliphatic rings. The van der Waals surface area contributed by atoms with Crippen molar-refractivity contribution in [2.45, 2.75) is 37.5 Å². The fourth-order valence-electron chi connectivity index (χ4n) is 3.42. The van der Waals surface area contributed by atoms with Gasteiger partial charge in [-0.3, -0.25) is 4.79 Å². The maximum absolute atomic E-state index is 12.7. The first-order valence-corrected chi connectivity index (χ1v) is 7.01. The third kappa shape index (κ3) is 2.41. The molecule has 0 spiro atoms. The molecule has 4 rings (SSSR count). The first kappa shape index (κ1) is 14.4. The predicted molar refractivity (Wildman–Crippen MR) is 71.1 cm³/mol. The largest absolute Gasteiger partial charge is 0.416 e. The number of nitrogens with two attached hydrogens (primary N) is 1. The quantitative estimate of drug-likeness (QED) is 0.928. The molecular formula is C15H17F3N2O. The highest BCUT2D eigenvalue weighted by atomic mass is 19.4. The SMILES string of the molecule is NCC(=O)N(Cc1cccc(C(F)(F)F)c1)C12CC(C1)C2. The Morgan fingerprint density at radius 3 is 2.48 bits per heavy atom. The van der Waals surface area contributed by atoms with Crippen LogP contribution >= 0.6 is 0 Å². The van der Waals surface area contributed by atoms with Gasteiger partial charge in [-0.1, -0.05) is 12.1 Å². The molecule has 0 radical (unpaired) electrons. The molecule has 0 unspecified atom stereocenters. The monoisotopic (exact) mass is 298 g/mol. The van der Waals surface area contributed by atoms with Gasteiger partial charge >= 0.3 is 6.18 Å². The van der Waals surface area contributed by atoms with Crippen LogP contribution in [0.1, 0.15) is 30.4 Å². The Morgan fingerprint density at radius 1 is 1.33 bits per heavy atom. The fourth-order valence-corrected chi connectivity index (χ4v) is 3.42. The molecule has 2 N–H and O–H groups in total. The maximum atomic E-state index is 12.7. The number of rotatable bonds is 4. The summed E-state index contributed by atoms with van der Waals surface area (Å²) < 4.78 is 38.2. The van der Waals surface area contributed by atoms with Gasteiger partial charge in [-0.2, -0.15) is 13.2 Å². The molecule has 3 aliphatic carbocycles. The lowest BCUT2D eigenvalue weighted by atomic mass is 9.49. The van der Waals surface area contributed by atoms with Crippen molar-refractivity contribution in [2.24, 2.45) is 11.7 Å². The zero-order valence-electron chi connectivity index (χ0n) is 11.5. The highest BCUT2D eigenvalue weighted by Crippen LogP contribution is 2.60. The number of carbonyl (C=O) groups excluding carboxylic acids is 1. The second-order valence-electron chi connectivity index (χ2n) is 6.08. The molecule has 3 saturated carbocycles. The normalized spacial score (nSPS) is 26.8. The average molecular weight is 298 g/mol. The van der Waals surface area contributed by atoms with Crippen molar-refractivity contribution < 1.29 is 18.0 Å². The van der Waals surface area contributed by atoms with Crippen molar-refractivity contribution in [3.8, 4) is 0 Å². The fraction of sp³-hybridized carbons (Fsp3) is 0.533. The van der Waals surface area contributed by atoms with Crippen molar-refractivity contribution in [3.63, 3.8) is 0 Å². The lowest BCUT2D eigenvalue weighted by molar-refractivity contribution is -0.173. The van der Waals surface area contributed by atoms with Gasteiger partial charge < -0.3 is 10.6 Å². The van der Waals surface area contributed by atoms with E-state index in [1.54, 1.807) is 11.0 Å². The number of benzene rings is 1. The molecule has 0 aromatic heterocycles. The van der Waals surface area contributed by atoms with Gasteiger partial charge in [0.15, 0.2) is 0 Å². The standard InChI is InChI=1S/C15H17F3N2O/c16-15(17,18)12-3-1-2-10(4-12)9-20(13(21)8-19)14-5-11(6-14)7-14/h1-4,11H,5-9,19H2. The molecule has 1 amide bonds. The van der Waals surface area contributed by atoms with Crippen molar-refractivity contribution in [1.29, 1.82) is 0 Å². The van der Waals surface area contributed by atoms with Gasteiger partial charge in [0.1, 0.15) is 0 Å². The first-order chi connectivity index (χ1) is 9.84. The minimum Gasteiger partial charge on any atom is -0.332 e. The van der Waals surface area contributed by atoms with Crippen molar-refractivity contribution in [2.75, 3.05) is 6.54 Å². The highest BCUT2D eigenvalue weighted by Gasteiger charge is 2.60. The van der Waals surface area contributed by atoms with Crippen LogP contribution in [0.15, 0.2) is 24.3 Å². The van der Waals surface area contributed by atoms with E-state index < -0.39 is 11.7 Å². The zero-order valence-corrected chi connectivity index (χ0v) is 11.5. The lowest BCUT2D eigenvalue weighted by Gasteiger charge is -2.66. The predicted octanol–water partition coefficient (Wildman–Crippen LogP) is 2.55. The van der Waals surface area contributed by atoms with Crippen LogP contribution < -0.4 is 5.73 Å². The van der Waals surface area contributed by atoms with Gasteiger partial charge in [0.05, 0.1) is 12.1 Å². The topological polar surface area (TPSA) is 46.3 Å². The van der Waals surface area contributed by atoms with Crippen molar-refractivity contribution in [3.05, 3.63) is 35.4 Å². The van der Waals surface area contributed by atoms with E-state index in [1.165, 1.54) is 6.07 Å². The van der Waals surface area contributed by atoms with Gasteiger partial charge in [-0.05, 0) is 42.9 Å². The number of halogens is 3. The van der Waals surface area contributed by atoms with Gasteiger partial charge in [0.2, 0.25) is 5.91 Å². The first-order valence-electron chi connectivity index (χ1n) is 7.01. The van der Waals surface area contributed by atoms with E-state index in [9.17, 15) is 18.0 Å². The number of hydrogen-bond donors (Lipinski definition) is 1. The van der Waals surface area contributed by atoms with E-state index in [1.807, 2.05) is 0 Å². The third-order valence-corrected chi connectivity index (χ3v) is 4.65. The Hall–Kier alpha value is -1.56. The third-order valence-electron chi connectivity index (χ3n) is 4.65. The number of alkyl halides is 3. The molecule has 6 heteroatoms. The van der Waals surface area contributed by atoms with Crippen LogP contribution in [0.2, 0.25) is 0 Å². The Balaban J connectivity index is 1.81.